The van der Waals surface area contributed by atoms with Gasteiger partial charge in [-0.05, 0) is 36.4 Å². The number of aromatic nitrogens is 6. The summed E-state index contributed by atoms with van der Waals surface area (Å²) in [6.45, 7) is 0. The molecule has 0 aliphatic carbocycles. The van der Waals surface area contributed by atoms with Crippen LogP contribution >= 0.6 is 11.6 Å². The molecule has 4 aromatic heterocycles. The third kappa shape index (κ3) is 2.50. The van der Waals surface area contributed by atoms with Crippen LogP contribution in [-0.4, -0.2) is 29.3 Å². The molecule has 4 heterocycles. The fourth-order valence-corrected chi connectivity index (χ4v) is 3.32. The second kappa shape index (κ2) is 6.14. The Balaban J connectivity index is 1.80. The molecular weight excluding hydrogens is 380 g/mol. The maximum absolute atomic E-state index is 13.1. The zero-order chi connectivity index (χ0) is 19.3. The summed E-state index contributed by atoms with van der Waals surface area (Å²) in [5, 5.41) is 7.58. The third-order valence-electron chi connectivity index (χ3n) is 4.46. The molecule has 9 heteroatoms. The Morgan fingerprint density at radius 2 is 1.61 bits per heavy atom. The van der Waals surface area contributed by atoms with Crippen LogP contribution in [-0.2, 0) is 0 Å². The first kappa shape index (κ1) is 16.4. The summed E-state index contributed by atoms with van der Waals surface area (Å²) >= 11 is 6.04. The Labute approximate surface area is 161 Å². The van der Waals surface area contributed by atoms with Crippen molar-refractivity contribution in [2.45, 2.75) is 0 Å². The Kier molecular flexibility index (Phi) is 3.59. The minimum Gasteiger partial charge on any atom is -0.284 e. The number of hydrogen-bond acceptors (Lipinski definition) is 5. The van der Waals surface area contributed by atoms with Gasteiger partial charge in [-0.1, -0.05) is 17.7 Å². The highest BCUT2D eigenvalue weighted by molar-refractivity contribution is 6.30. The van der Waals surface area contributed by atoms with Gasteiger partial charge in [0.2, 0.25) is 5.95 Å². The fourth-order valence-electron chi connectivity index (χ4n) is 3.14. The van der Waals surface area contributed by atoms with Crippen LogP contribution in [0.2, 0.25) is 5.02 Å². The van der Waals surface area contributed by atoms with Crippen molar-refractivity contribution < 1.29 is 0 Å². The van der Waals surface area contributed by atoms with E-state index in [-0.39, 0.29) is 17.1 Å². The summed E-state index contributed by atoms with van der Waals surface area (Å²) in [5.41, 5.74) is 0.997. The van der Waals surface area contributed by atoms with Gasteiger partial charge in [0.15, 0.2) is 0 Å². The lowest BCUT2D eigenvalue weighted by Crippen LogP contribution is -2.21. The first-order valence-electron chi connectivity index (χ1n) is 8.31. The topological polar surface area (TPSA) is 98.5 Å². The quantitative estimate of drug-likeness (QED) is 0.467. The zero-order valence-electron chi connectivity index (χ0n) is 14.2. The van der Waals surface area contributed by atoms with Crippen molar-refractivity contribution in [1.29, 1.82) is 0 Å². The molecule has 0 spiro atoms. The summed E-state index contributed by atoms with van der Waals surface area (Å²) in [7, 11) is 0. The maximum atomic E-state index is 13.1. The van der Waals surface area contributed by atoms with E-state index in [2.05, 4.69) is 20.2 Å². The zero-order valence-corrected chi connectivity index (χ0v) is 15.0. The number of hydrogen-bond donors (Lipinski definition) is 1. The Hall–Kier alpha value is -3.78. The summed E-state index contributed by atoms with van der Waals surface area (Å²) in [5.74, 6) is 0.288. The smallest absolute Gasteiger partial charge is 0.266 e. The minimum absolute atomic E-state index is 0.288. The fraction of sp³-hybridized carbons (Fsp3) is 0. The van der Waals surface area contributed by atoms with Crippen molar-refractivity contribution in [3.8, 4) is 11.6 Å². The number of nitrogens with one attached hydrogen (secondary N) is 1. The monoisotopic (exact) mass is 390 g/mol. The largest absolute Gasteiger partial charge is 0.284 e. The predicted molar refractivity (Wildman–Crippen MR) is 105 cm³/mol. The molecule has 136 valence electrons. The van der Waals surface area contributed by atoms with Gasteiger partial charge < -0.3 is 0 Å². The van der Waals surface area contributed by atoms with E-state index in [9.17, 15) is 9.59 Å². The van der Waals surface area contributed by atoms with E-state index in [4.69, 9.17) is 11.6 Å². The second-order valence-corrected chi connectivity index (χ2v) is 6.56. The lowest BCUT2D eigenvalue weighted by Gasteiger charge is -2.09. The van der Waals surface area contributed by atoms with Crippen molar-refractivity contribution in [2.24, 2.45) is 0 Å². The SMILES string of the molecule is O=c1c2cc3c(=O)n(-c4ncn[nH]4)ccc3nc2ccn1-c1cccc(Cl)c1. The van der Waals surface area contributed by atoms with Crippen LogP contribution in [0.25, 0.3) is 33.4 Å². The summed E-state index contributed by atoms with van der Waals surface area (Å²) in [6.07, 6.45) is 4.52. The number of halogens is 1. The molecule has 1 aromatic carbocycles. The Morgan fingerprint density at radius 1 is 0.893 bits per heavy atom. The van der Waals surface area contributed by atoms with Crippen LogP contribution in [0, 0.1) is 0 Å². The maximum Gasteiger partial charge on any atom is 0.266 e. The van der Waals surface area contributed by atoms with Gasteiger partial charge in [-0.3, -0.25) is 18.7 Å². The van der Waals surface area contributed by atoms with Crippen LogP contribution < -0.4 is 11.1 Å². The van der Waals surface area contributed by atoms with Gasteiger partial charge in [0.25, 0.3) is 11.1 Å². The van der Waals surface area contributed by atoms with Crippen LogP contribution in [0.5, 0.6) is 0 Å². The van der Waals surface area contributed by atoms with Crippen LogP contribution in [0.4, 0.5) is 0 Å². The number of benzene rings is 1. The van der Waals surface area contributed by atoms with Crippen LogP contribution in [0.1, 0.15) is 0 Å². The molecule has 0 bridgehead atoms. The number of aromatic amines is 1. The molecular formula is C19H11ClN6O2. The number of H-pyrrole nitrogens is 1. The number of nitrogens with zero attached hydrogens (tertiary/aromatic N) is 5. The van der Waals surface area contributed by atoms with Gasteiger partial charge in [0.1, 0.15) is 6.33 Å². The second-order valence-electron chi connectivity index (χ2n) is 6.12. The molecule has 0 amide bonds. The highest BCUT2D eigenvalue weighted by Crippen LogP contribution is 2.18. The molecule has 0 aliphatic heterocycles. The Bertz CT molecular complexity index is 1470. The Morgan fingerprint density at radius 3 is 2.29 bits per heavy atom. The first-order valence-corrected chi connectivity index (χ1v) is 8.69. The normalized spacial score (nSPS) is 11.3. The van der Waals surface area contributed by atoms with Gasteiger partial charge >= 0.3 is 0 Å². The molecule has 0 saturated carbocycles. The molecule has 0 atom stereocenters. The van der Waals surface area contributed by atoms with Crippen LogP contribution in [0.3, 0.4) is 0 Å². The van der Waals surface area contributed by atoms with Crippen molar-refractivity contribution >= 4 is 33.4 Å². The molecule has 0 fully saturated rings. The van der Waals surface area contributed by atoms with E-state index >= 15 is 0 Å². The van der Waals surface area contributed by atoms with E-state index in [1.165, 1.54) is 15.5 Å². The molecule has 28 heavy (non-hydrogen) atoms. The lowest BCUT2D eigenvalue weighted by molar-refractivity contribution is 0.901. The predicted octanol–water partition coefficient (Wildman–Crippen LogP) is 2.46. The highest BCUT2D eigenvalue weighted by Gasteiger charge is 2.12. The van der Waals surface area contributed by atoms with E-state index in [1.54, 1.807) is 54.9 Å². The third-order valence-corrected chi connectivity index (χ3v) is 4.69. The van der Waals surface area contributed by atoms with E-state index in [0.717, 1.165) is 0 Å². The summed E-state index contributed by atoms with van der Waals surface area (Å²) in [6, 6.07) is 12.0. The van der Waals surface area contributed by atoms with Crippen molar-refractivity contribution in [3.63, 3.8) is 0 Å². The first-order chi connectivity index (χ1) is 13.6. The average Bonchev–Trinajstić information content (AvgIpc) is 3.22. The van der Waals surface area contributed by atoms with E-state index in [0.29, 0.717) is 32.5 Å². The minimum atomic E-state index is -0.346. The van der Waals surface area contributed by atoms with Crippen molar-refractivity contribution in [2.75, 3.05) is 0 Å². The summed E-state index contributed by atoms with van der Waals surface area (Å²) in [4.78, 5) is 34.4. The van der Waals surface area contributed by atoms with Gasteiger partial charge in [0.05, 0.1) is 27.5 Å². The molecule has 5 aromatic rings. The molecule has 0 aliphatic rings. The molecule has 0 unspecified atom stereocenters. The highest BCUT2D eigenvalue weighted by atomic mass is 35.5. The molecule has 1 N–H and O–H groups in total. The van der Waals surface area contributed by atoms with Gasteiger partial charge in [0, 0.05) is 17.4 Å². The van der Waals surface area contributed by atoms with Gasteiger partial charge in [-0.2, -0.15) is 10.1 Å². The number of rotatable bonds is 2. The van der Waals surface area contributed by atoms with Crippen LogP contribution in [0.15, 0.2) is 70.8 Å². The standard InChI is InChI=1S/C19H11ClN6O2/c20-11-2-1-3-12(8-11)25-6-4-15-13(17(25)27)9-14-16(23-15)5-7-26(18(14)28)19-21-10-22-24-19/h1-10H,(H,21,22,24). The number of fused-ring (bicyclic) bond motifs is 2. The summed E-state index contributed by atoms with van der Waals surface area (Å²) < 4.78 is 2.79. The molecule has 8 nitrogen and oxygen atoms in total. The molecule has 5 rings (SSSR count). The lowest BCUT2D eigenvalue weighted by atomic mass is 10.2. The molecule has 0 saturated heterocycles. The molecule has 0 radical (unpaired) electrons. The average molecular weight is 391 g/mol. The number of pyridine rings is 3. The van der Waals surface area contributed by atoms with Crippen molar-refractivity contribution in [1.82, 2.24) is 29.3 Å². The van der Waals surface area contributed by atoms with Gasteiger partial charge in [-0.15, -0.1) is 0 Å². The van der Waals surface area contributed by atoms with E-state index < -0.39 is 0 Å². The van der Waals surface area contributed by atoms with Crippen molar-refractivity contribution in [3.05, 3.63) is 86.9 Å². The van der Waals surface area contributed by atoms with Gasteiger partial charge in [-0.25, -0.2) is 10.1 Å². The van der Waals surface area contributed by atoms with E-state index in [1.807, 2.05) is 0 Å².